The quantitative estimate of drug-likeness (QED) is 0.664. The van der Waals surface area contributed by atoms with Gasteiger partial charge in [-0.25, -0.2) is 0 Å². The van der Waals surface area contributed by atoms with Gasteiger partial charge in [0.1, 0.15) is 0 Å². The van der Waals surface area contributed by atoms with Crippen molar-refractivity contribution in [2.75, 3.05) is 19.1 Å². The summed E-state index contributed by atoms with van der Waals surface area (Å²) in [6, 6.07) is 0. The number of rotatable bonds is 6. The summed E-state index contributed by atoms with van der Waals surface area (Å²) in [4.78, 5) is 0. The molecule has 0 saturated heterocycles. The molecule has 2 unspecified atom stereocenters. The van der Waals surface area contributed by atoms with E-state index in [-0.39, 0.29) is 15.5 Å². The predicted octanol–water partition coefficient (Wildman–Crippen LogP) is 1.86. The van der Waals surface area contributed by atoms with E-state index in [1.807, 2.05) is 13.8 Å². The smallest absolute Gasteiger partial charge is 0.0851 e. The van der Waals surface area contributed by atoms with Crippen molar-refractivity contribution in [1.29, 1.82) is 1.28 Å². The van der Waals surface area contributed by atoms with Gasteiger partial charge in [0.2, 0.25) is 0 Å². The van der Waals surface area contributed by atoms with Crippen molar-refractivity contribution in [1.82, 2.24) is 4.72 Å². The Labute approximate surface area is 80.5 Å². The predicted molar refractivity (Wildman–Crippen MR) is 59.5 cm³/mol. The first-order chi connectivity index (χ1) is 5.87. The Balaban J connectivity index is 3.67. The van der Waals surface area contributed by atoms with Crippen LogP contribution in [-0.2, 0) is 4.52 Å². The van der Waals surface area contributed by atoms with E-state index in [0.717, 1.165) is 6.54 Å². The molecule has 0 heterocycles. The summed E-state index contributed by atoms with van der Waals surface area (Å²) in [6.45, 7) is 4.72. The van der Waals surface area contributed by atoms with Crippen molar-refractivity contribution in [2.24, 2.45) is 5.92 Å². The molecule has 0 aliphatic carbocycles. The molecule has 0 aromatic rings. The van der Waals surface area contributed by atoms with Gasteiger partial charge in [0, 0.05) is 16.0 Å². The number of nitrogens with one attached hydrogen (secondary N) is 1. The van der Waals surface area contributed by atoms with Crippen LogP contribution in [0.2, 0.25) is 0 Å². The molecule has 2 N–H and O–H groups in total. The highest BCUT2D eigenvalue weighted by Crippen LogP contribution is 2.28. The molecule has 0 fully saturated rings. The second-order valence-electron chi connectivity index (χ2n) is 3.42. The summed E-state index contributed by atoms with van der Waals surface area (Å²) in [7, 11) is -1.83. The average molecular weight is 215 g/mol. The number of hydrogen-bond donors (Lipinski definition) is 2. The maximum Gasteiger partial charge on any atom is 0.0851 e. The average Bonchev–Trinajstić information content (AvgIpc) is 1.99. The van der Waals surface area contributed by atoms with Gasteiger partial charge in [0.05, 0.1) is 7.38 Å². The largest absolute Gasteiger partial charge is 0.362 e. The van der Waals surface area contributed by atoms with Crippen molar-refractivity contribution in [3.8, 4) is 0 Å². The summed E-state index contributed by atoms with van der Waals surface area (Å²) >= 11 is 0. The molecule has 0 aliphatic heterocycles. The van der Waals surface area contributed by atoms with Gasteiger partial charge < -0.3 is 9.08 Å². The Kier molecular flexibility index (Phi) is 4.84. The van der Waals surface area contributed by atoms with E-state index in [9.17, 15) is 4.55 Å². The Morgan fingerprint density at radius 1 is 1.67 bits per heavy atom. The molecule has 0 aliphatic rings. The molecule has 0 amide bonds. The summed E-state index contributed by atoms with van der Waals surface area (Å²) in [5.74, 6) is 0.316. The lowest BCUT2D eigenvalue weighted by atomic mass is 10.1. The van der Waals surface area contributed by atoms with Gasteiger partial charge in [-0.1, -0.05) is 17.4 Å². The molecular weight excluding hydrogens is 193 g/mol. The fraction of sp³-hybridized carbons (Fsp3) is 1.00. The highest BCUT2D eigenvalue weighted by molar-refractivity contribution is 8.26. The topological polar surface area (TPSA) is 41.5 Å². The zero-order valence-electron chi connectivity index (χ0n) is 9.13. The van der Waals surface area contributed by atoms with E-state index in [2.05, 4.69) is 4.72 Å². The first-order valence-corrected chi connectivity index (χ1v) is 6.71. The van der Waals surface area contributed by atoms with Gasteiger partial charge in [0.15, 0.2) is 0 Å². The molecule has 0 radical (unpaired) electrons. The molecule has 0 saturated carbocycles. The van der Waals surface area contributed by atoms with Crippen LogP contribution in [0.15, 0.2) is 0 Å². The molecule has 12 heavy (non-hydrogen) atoms. The molecule has 0 aromatic carbocycles. The summed E-state index contributed by atoms with van der Waals surface area (Å²) < 4.78 is 24.6. The van der Waals surface area contributed by atoms with Crippen LogP contribution >= 0.6 is 19.9 Å². The lowest BCUT2D eigenvalue weighted by Crippen LogP contribution is -2.29. The second kappa shape index (κ2) is 5.40. The van der Waals surface area contributed by atoms with E-state index in [4.69, 9.17) is 5.80 Å². The molecule has 0 bridgehead atoms. The van der Waals surface area contributed by atoms with Crippen LogP contribution in [-0.4, -0.2) is 31.0 Å². The fourth-order valence-electron chi connectivity index (χ4n) is 0.617. The van der Waals surface area contributed by atoms with Crippen molar-refractivity contribution in [3.05, 3.63) is 0 Å². The first-order valence-electron chi connectivity index (χ1n) is 4.39. The minimum absolute atomic E-state index is 0.0742. The molecular formula is C7H20NO2PS. The van der Waals surface area contributed by atoms with Crippen LogP contribution in [0.25, 0.3) is 0 Å². The summed E-state index contributed by atoms with van der Waals surface area (Å²) in [6.07, 6.45) is 3.65. The molecule has 3 atom stereocenters. The van der Waals surface area contributed by atoms with E-state index in [1.165, 1.54) is 0 Å². The Morgan fingerprint density at radius 2 is 2.25 bits per heavy atom. The third-order valence-electron chi connectivity index (χ3n) is 1.75. The standard InChI is InChI=1S/C7H20NO2PS/c1-6(7(2)10-11)5-8-12(3,4)9/h6-9H,5,11H2,1-4H3/t6?,7-/m0/s1/i11T/t6?,7-,11?. The Hall–Kier alpha value is 0.660. The highest BCUT2D eigenvalue weighted by atomic mass is 32.3. The van der Waals surface area contributed by atoms with Crippen molar-refractivity contribution >= 4 is 19.9 Å². The van der Waals surface area contributed by atoms with Crippen molar-refractivity contribution in [3.63, 3.8) is 0 Å². The van der Waals surface area contributed by atoms with Crippen molar-refractivity contribution in [2.45, 2.75) is 20.0 Å². The molecule has 0 aromatic heterocycles. The van der Waals surface area contributed by atoms with Crippen LogP contribution in [0, 0.1) is 5.92 Å². The van der Waals surface area contributed by atoms with Crippen LogP contribution in [0.3, 0.4) is 0 Å². The van der Waals surface area contributed by atoms with Gasteiger partial charge in [-0.05, 0) is 25.4 Å². The van der Waals surface area contributed by atoms with E-state index in [1.54, 1.807) is 12.5 Å². The van der Waals surface area contributed by atoms with Gasteiger partial charge in [-0.3, -0.25) is 4.72 Å². The summed E-state index contributed by atoms with van der Waals surface area (Å²) in [5.41, 5.74) is 0. The lowest BCUT2D eigenvalue weighted by molar-refractivity contribution is 0.193. The molecule has 0 spiro atoms. The fourth-order valence-corrected chi connectivity index (χ4v) is 1.52. The van der Waals surface area contributed by atoms with Crippen LogP contribution in [0.4, 0.5) is 0 Å². The Bertz CT molecular complexity index is 145. The monoisotopic (exact) mass is 215 g/mol. The van der Waals surface area contributed by atoms with E-state index in [0.29, 0.717) is 5.92 Å². The molecule has 0 rings (SSSR count). The van der Waals surface area contributed by atoms with Gasteiger partial charge in [-0.15, -0.1) is 0 Å². The van der Waals surface area contributed by atoms with E-state index < -0.39 is 10.5 Å². The molecule has 76 valence electrons. The van der Waals surface area contributed by atoms with E-state index >= 15 is 0 Å². The lowest BCUT2D eigenvalue weighted by Gasteiger charge is -2.28. The Morgan fingerprint density at radius 3 is 2.67 bits per heavy atom. The SMILES string of the molecule is [3H]PO[C@@H](C)C(C)CNS(C)(C)O. The van der Waals surface area contributed by atoms with Crippen molar-refractivity contribution < 1.29 is 9.08 Å². The maximum absolute atomic E-state index is 9.47. The van der Waals surface area contributed by atoms with Gasteiger partial charge >= 0.3 is 0 Å². The molecule has 3 nitrogen and oxygen atoms in total. The van der Waals surface area contributed by atoms with Crippen LogP contribution < -0.4 is 4.72 Å². The molecule has 5 heteroatoms. The third kappa shape index (κ3) is 6.21. The van der Waals surface area contributed by atoms with Crippen LogP contribution in [0.5, 0.6) is 0 Å². The second-order valence-corrected chi connectivity index (χ2v) is 6.49. The first kappa shape index (κ1) is 10.7. The third-order valence-corrected chi connectivity index (χ3v) is 2.99. The minimum Gasteiger partial charge on any atom is -0.362 e. The number of hydrogen-bond acceptors (Lipinski definition) is 3. The van der Waals surface area contributed by atoms with Crippen LogP contribution in [0.1, 0.15) is 13.8 Å². The zero-order valence-corrected chi connectivity index (χ0v) is 9.94. The summed E-state index contributed by atoms with van der Waals surface area (Å²) in [5, 5.41) is 0. The minimum atomic E-state index is -1.62. The van der Waals surface area contributed by atoms with Gasteiger partial charge in [-0.2, -0.15) is 0 Å². The maximum atomic E-state index is 9.47. The highest BCUT2D eigenvalue weighted by Gasteiger charge is 2.13. The normalized spacial score (nSPS) is 20.9. The zero-order chi connectivity index (χ0) is 10.5. The van der Waals surface area contributed by atoms with Gasteiger partial charge in [0.25, 0.3) is 0 Å².